The van der Waals surface area contributed by atoms with Crippen molar-refractivity contribution in [2.75, 3.05) is 13.1 Å². The summed E-state index contributed by atoms with van der Waals surface area (Å²) in [7, 11) is 0. The van der Waals surface area contributed by atoms with E-state index < -0.39 is 0 Å². The minimum absolute atomic E-state index is 0.157. The second-order valence-corrected chi connectivity index (χ2v) is 7.55. The summed E-state index contributed by atoms with van der Waals surface area (Å²) in [5.74, 6) is 0.288. The molecule has 29 heavy (non-hydrogen) atoms. The normalized spacial score (nSPS) is 14.7. The quantitative estimate of drug-likeness (QED) is 0.658. The molecule has 0 radical (unpaired) electrons. The van der Waals surface area contributed by atoms with Crippen LogP contribution in [0, 0.1) is 5.82 Å². The van der Waals surface area contributed by atoms with Crippen LogP contribution in [0.2, 0.25) is 0 Å². The molecule has 1 aliphatic heterocycles. The van der Waals surface area contributed by atoms with Gasteiger partial charge in [-0.1, -0.05) is 24.3 Å². The fourth-order valence-corrected chi connectivity index (χ4v) is 3.89. The lowest BCUT2D eigenvalue weighted by molar-refractivity contribution is -0.131. The molecule has 0 spiro atoms. The fraction of sp³-hybridized carbons (Fsp3) is 0.292. The third kappa shape index (κ3) is 5.05. The van der Waals surface area contributed by atoms with Crippen LogP contribution in [0.4, 0.5) is 4.39 Å². The topological polar surface area (TPSA) is 46.1 Å². The van der Waals surface area contributed by atoms with Crippen molar-refractivity contribution in [2.45, 2.75) is 31.6 Å². The molecule has 0 aliphatic carbocycles. The summed E-state index contributed by atoms with van der Waals surface area (Å²) < 4.78 is 13.4. The van der Waals surface area contributed by atoms with Crippen molar-refractivity contribution in [1.82, 2.24) is 14.9 Å². The Labute approximate surface area is 170 Å². The van der Waals surface area contributed by atoms with Crippen LogP contribution in [-0.4, -0.2) is 33.9 Å². The first kappa shape index (κ1) is 19.2. The van der Waals surface area contributed by atoms with Gasteiger partial charge in [0.25, 0.3) is 0 Å². The van der Waals surface area contributed by atoms with Crippen molar-refractivity contribution in [2.24, 2.45) is 0 Å². The van der Waals surface area contributed by atoms with E-state index in [2.05, 4.69) is 11.1 Å². The highest BCUT2D eigenvalue weighted by atomic mass is 19.1. The smallest absolute Gasteiger partial charge is 0.227 e. The van der Waals surface area contributed by atoms with Crippen molar-refractivity contribution in [3.05, 3.63) is 95.3 Å². The monoisotopic (exact) mass is 389 g/mol. The van der Waals surface area contributed by atoms with Crippen LogP contribution < -0.4 is 0 Å². The fourth-order valence-electron chi connectivity index (χ4n) is 3.89. The van der Waals surface area contributed by atoms with Gasteiger partial charge in [0.1, 0.15) is 5.82 Å². The number of pyridine rings is 2. The molecule has 1 fully saturated rings. The van der Waals surface area contributed by atoms with Gasteiger partial charge in [-0.15, -0.1) is 0 Å². The Balaban J connectivity index is 1.35. The summed E-state index contributed by atoms with van der Waals surface area (Å²) in [4.78, 5) is 23.4. The summed E-state index contributed by atoms with van der Waals surface area (Å²) in [5, 5.41) is 0. The molecule has 2 aromatic heterocycles. The van der Waals surface area contributed by atoms with Gasteiger partial charge in [-0.25, -0.2) is 4.39 Å². The maximum atomic E-state index is 13.4. The van der Waals surface area contributed by atoms with Gasteiger partial charge in [0.2, 0.25) is 5.91 Å². The lowest BCUT2D eigenvalue weighted by Crippen LogP contribution is -2.39. The average Bonchev–Trinajstić information content (AvgIpc) is 2.75. The van der Waals surface area contributed by atoms with E-state index in [-0.39, 0.29) is 11.7 Å². The predicted molar refractivity (Wildman–Crippen MR) is 110 cm³/mol. The zero-order chi connectivity index (χ0) is 20.1. The molecule has 4 rings (SSSR count). The molecule has 1 aromatic carbocycles. The van der Waals surface area contributed by atoms with E-state index >= 15 is 0 Å². The molecule has 1 saturated heterocycles. The lowest BCUT2D eigenvalue weighted by Gasteiger charge is -2.32. The number of hydrogen-bond donors (Lipinski definition) is 0. The summed E-state index contributed by atoms with van der Waals surface area (Å²) in [6.07, 6.45) is 6.31. The summed E-state index contributed by atoms with van der Waals surface area (Å²) in [5.41, 5.74) is 3.89. The number of aromatic nitrogens is 2. The highest BCUT2D eigenvalue weighted by Crippen LogP contribution is 2.27. The van der Waals surface area contributed by atoms with Gasteiger partial charge in [0.05, 0.1) is 6.42 Å². The first-order valence-electron chi connectivity index (χ1n) is 10.0. The number of piperidine rings is 1. The van der Waals surface area contributed by atoms with Gasteiger partial charge in [-0.3, -0.25) is 14.8 Å². The van der Waals surface area contributed by atoms with E-state index in [0.717, 1.165) is 48.4 Å². The Bertz CT molecular complexity index is 969. The van der Waals surface area contributed by atoms with E-state index in [1.807, 2.05) is 35.2 Å². The van der Waals surface area contributed by atoms with E-state index in [1.165, 1.54) is 6.07 Å². The molecule has 3 heterocycles. The van der Waals surface area contributed by atoms with E-state index in [0.29, 0.717) is 18.8 Å². The molecule has 0 bridgehead atoms. The Morgan fingerprint density at radius 1 is 1.03 bits per heavy atom. The van der Waals surface area contributed by atoms with Crippen molar-refractivity contribution >= 4 is 5.91 Å². The molecule has 3 aromatic rings. The summed E-state index contributed by atoms with van der Waals surface area (Å²) in [6, 6.07) is 16.5. The van der Waals surface area contributed by atoms with Crippen molar-refractivity contribution in [3.8, 4) is 0 Å². The Morgan fingerprint density at radius 2 is 1.83 bits per heavy atom. The molecular formula is C24H24FN3O. The third-order valence-electron chi connectivity index (χ3n) is 5.45. The first-order valence-corrected chi connectivity index (χ1v) is 10.0. The summed E-state index contributed by atoms with van der Waals surface area (Å²) >= 11 is 0. The van der Waals surface area contributed by atoms with Crippen LogP contribution in [0.3, 0.4) is 0 Å². The second kappa shape index (κ2) is 8.95. The number of rotatable bonds is 5. The number of hydrogen-bond acceptors (Lipinski definition) is 3. The number of nitrogens with zero attached hydrogens (tertiary/aromatic N) is 3. The standard InChI is InChI=1S/C24H24FN3O/c25-21-6-1-4-18(14-21)15-22-7-2-8-23(27-22)20-9-12-28(13-10-20)24(29)16-19-5-3-11-26-17-19/h1-8,11,14,17,20H,9-10,12-13,15-16H2. The zero-order valence-electron chi connectivity index (χ0n) is 16.3. The average molecular weight is 389 g/mol. The SMILES string of the molecule is O=C(Cc1cccnc1)N1CCC(c2cccc(Cc3cccc(F)c3)n2)CC1. The molecule has 0 N–H and O–H groups in total. The van der Waals surface area contributed by atoms with Gasteiger partial charge < -0.3 is 4.90 Å². The lowest BCUT2D eigenvalue weighted by atomic mass is 9.92. The minimum Gasteiger partial charge on any atom is -0.342 e. The Hall–Kier alpha value is -3.08. The van der Waals surface area contributed by atoms with Crippen LogP contribution in [0.25, 0.3) is 0 Å². The molecule has 4 nitrogen and oxygen atoms in total. The van der Waals surface area contributed by atoms with E-state index in [1.54, 1.807) is 24.5 Å². The Kier molecular flexibility index (Phi) is 5.94. The van der Waals surface area contributed by atoms with Crippen LogP contribution in [-0.2, 0) is 17.6 Å². The van der Waals surface area contributed by atoms with Gasteiger partial charge in [0.15, 0.2) is 0 Å². The largest absolute Gasteiger partial charge is 0.342 e. The number of carbonyl (C=O) groups excluding carboxylic acids is 1. The van der Waals surface area contributed by atoms with Crippen LogP contribution >= 0.6 is 0 Å². The number of likely N-dealkylation sites (tertiary alicyclic amines) is 1. The van der Waals surface area contributed by atoms with Crippen LogP contribution in [0.15, 0.2) is 67.0 Å². The molecule has 0 unspecified atom stereocenters. The number of halogens is 1. The molecule has 1 aliphatic rings. The molecular weight excluding hydrogens is 365 g/mol. The second-order valence-electron chi connectivity index (χ2n) is 7.55. The first-order chi connectivity index (χ1) is 14.2. The molecule has 5 heteroatoms. The maximum Gasteiger partial charge on any atom is 0.227 e. The number of carbonyl (C=O) groups is 1. The Morgan fingerprint density at radius 3 is 2.59 bits per heavy atom. The maximum absolute atomic E-state index is 13.4. The minimum atomic E-state index is -0.220. The van der Waals surface area contributed by atoms with Crippen LogP contribution in [0.1, 0.15) is 41.3 Å². The third-order valence-corrected chi connectivity index (χ3v) is 5.45. The van der Waals surface area contributed by atoms with Gasteiger partial charge >= 0.3 is 0 Å². The zero-order valence-corrected chi connectivity index (χ0v) is 16.3. The highest BCUT2D eigenvalue weighted by Gasteiger charge is 2.24. The molecule has 1 amide bonds. The predicted octanol–water partition coefficient (Wildman–Crippen LogP) is 4.16. The van der Waals surface area contributed by atoms with Crippen molar-refractivity contribution in [1.29, 1.82) is 0 Å². The van der Waals surface area contributed by atoms with Crippen molar-refractivity contribution in [3.63, 3.8) is 0 Å². The molecule has 0 saturated carbocycles. The van der Waals surface area contributed by atoms with Gasteiger partial charge in [0, 0.05) is 49.2 Å². The summed E-state index contributed by atoms with van der Waals surface area (Å²) in [6.45, 7) is 1.50. The van der Waals surface area contributed by atoms with Crippen molar-refractivity contribution < 1.29 is 9.18 Å². The number of benzene rings is 1. The van der Waals surface area contributed by atoms with E-state index in [9.17, 15) is 9.18 Å². The molecule has 148 valence electrons. The van der Waals surface area contributed by atoms with E-state index in [4.69, 9.17) is 4.98 Å². The molecule has 0 atom stereocenters. The van der Waals surface area contributed by atoms with Crippen LogP contribution in [0.5, 0.6) is 0 Å². The number of amides is 1. The van der Waals surface area contributed by atoms with Gasteiger partial charge in [-0.05, 0) is 54.3 Å². The highest BCUT2D eigenvalue weighted by molar-refractivity contribution is 5.78. The van der Waals surface area contributed by atoms with Gasteiger partial charge in [-0.2, -0.15) is 0 Å².